The molecule has 110 valence electrons. The number of aliphatic hydroxyl groups is 1. The van der Waals surface area contributed by atoms with Gasteiger partial charge in [-0.05, 0) is 30.0 Å². The smallest absolute Gasteiger partial charge is 0.312 e. The fraction of sp³-hybridized carbons (Fsp3) is 0.429. The van der Waals surface area contributed by atoms with Crippen LogP contribution in [0.3, 0.4) is 0 Å². The van der Waals surface area contributed by atoms with Gasteiger partial charge in [0.25, 0.3) is 0 Å². The number of benzene rings is 1. The van der Waals surface area contributed by atoms with Crippen LogP contribution in [0.1, 0.15) is 19.4 Å². The summed E-state index contributed by atoms with van der Waals surface area (Å²) in [5.74, 6) is -0.384. The highest BCUT2D eigenvalue weighted by atomic mass is 16.3. The van der Waals surface area contributed by atoms with Gasteiger partial charge in [-0.1, -0.05) is 26.0 Å². The van der Waals surface area contributed by atoms with Gasteiger partial charge < -0.3 is 21.5 Å². The Labute approximate surface area is 118 Å². The highest BCUT2D eigenvalue weighted by Crippen LogP contribution is 2.12. The Morgan fingerprint density at radius 2 is 1.85 bits per heavy atom. The molecule has 0 aliphatic heterocycles. The van der Waals surface area contributed by atoms with E-state index in [9.17, 15) is 9.59 Å². The van der Waals surface area contributed by atoms with Gasteiger partial charge in [-0.15, -0.1) is 0 Å². The Kier molecular flexibility index (Phi) is 5.99. The van der Waals surface area contributed by atoms with Crippen molar-refractivity contribution in [3.8, 4) is 0 Å². The third-order valence-electron chi connectivity index (χ3n) is 2.87. The van der Waals surface area contributed by atoms with Crippen LogP contribution >= 0.6 is 0 Å². The summed E-state index contributed by atoms with van der Waals surface area (Å²) in [5, 5.41) is 14.0. The molecule has 0 fully saturated rings. The molecule has 5 N–H and O–H groups in total. The summed E-state index contributed by atoms with van der Waals surface area (Å²) in [6.45, 7) is 3.73. The Morgan fingerprint density at radius 3 is 2.30 bits per heavy atom. The van der Waals surface area contributed by atoms with Crippen LogP contribution in [0.25, 0.3) is 0 Å². The number of urea groups is 1. The molecule has 3 amide bonds. The molecule has 0 aliphatic rings. The molecule has 0 saturated carbocycles. The summed E-state index contributed by atoms with van der Waals surface area (Å²) in [5.41, 5.74) is 6.68. The maximum Gasteiger partial charge on any atom is 0.312 e. The van der Waals surface area contributed by atoms with Crippen LogP contribution in [-0.2, 0) is 11.2 Å². The van der Waals surface area contributed by atoms with Gasteiger partial charge in [0.05, 0.1) is 0 Å². The number of amides is 3. The Bertz CT molecular complexity index is 457. The van der Waals surface area contributed by atoms with Crippen LogP contribution in [-0.4, -0.2) is 29.7 Å². The van der Waals surface area contributed by atoms with Gasteiger partial charge in [0.2, 0.25) is 5.91 Å². The molecule has 0 saturated heterocycles. The van der Waals surface area contributed by atoms with Crippen LogP contribution in [0.5, 0.6) is 0 Å². The fourth-order valence-electron chi connectivity index (χ4n) is 1.79. The zero-order valence-electron chi connectivity index (χ0n) is 11.7. The van der Waals surface area contributed by atoms with E-state index in [0.717, 1.165) is 5.56 Å². The van der Waals surface area contributed by atoms with Crippen LogP contribution in [0.2, 0.25) is 0 Å². The maximum atomic E-state index is 12.1. The van der Waals surface area contributed by atoms with Crippen molar-refractivity contribution in [2.75, 3.05) is 11.9 Å². The third-order valence-corrected chi connectivity index (χ3v) is 2.87. The fourth-order valence-corrected chi connectivity index (χ4v) is 1.79. The first-order valence-electron chi connectivity index (χ1n) is 6.50. The monoisotopic (exact) mass is 279 g/mol. The molecule has 1 aromatic carbocycles. The molecule has 0 unspecified atom stereocenters. The topological polar surface area (TPSA) is 104 Å². The Balaban J connectivity index is 2.69. The van der Waals surface area contributed by atoms with Gasteiger partial charge in [0, 0.05) is 12.3 Å². The minimum Gasteiger partial charge on any atom is -0.396 e. The first-order chi connectivity index (χ1) is 9.43. The van der Waals surface area contributed by atoms with Gasteiger partial charge in [0.1, 0.15) is 6.04 Å². The number of primary amides is 1. The third kappa shape index (κ3) is 4.89. The molecule has 1 atom stereocenters. The predicted octanol–water partition coefficient (Wildman–Crippen LogP) is 0.853. The summed E-state index contributed by atoms with van der Waals surface area (Å²) in [6.07, 6.45) is 0.575. The maximum absolute atomic E-state index is 12.1. The number of nitrogens with one attached hydrogen (secondary N) is 2. The normalized spacial score (nSPS) is 12.0. The van der Waals surface area contributed by atoms with E-state index in [1.165, 1.54) is 0 Å². The van der Waals surface area contributed by atoms with Crippen molar-refractivity contribution < 1.29 is 14.7 Å². The molecule has 0 radical (unpaired) electrons. The lowest BCUT2D eigenvalue weighted by atomic mass is 10.0. The second kappa shape index (κ2) is 7.49. The molecule has 0 heterocycles. The van der Waals surface area contributed by atoms with Crippen LogP contribution in [0.15, 0.2) is 24.3 Å². The van der Waals surface area contributed by atoms with Gasteiger partial charge >= 0.3 is 6.03 Å². The van der Waals surface area contributed by atoms with Gasteiger partial charge in [-0.25, -0.2) is 4.79 Å². The summed E-state index contributed by atoms with van der Waals surface area (Å²) in [6, 6.07) is 5.77. The molecule has 0 aromatic heterocycles. The van der Waals surface area contributed by atoms with Crippen LogP contribution in [0.4, 0.5) is 10.5 Å². The molecular formula is C14H21N3O3. The lowest BCUT2D eigenvalue weighted by molar-refractivity contribution is -0.118. The Hall–Kier alpha value is -2.08. The van der Waals surface area contributed by atoms with Crippen LogP contribution < -0.4 is 16.4 Å². The molecule has 0 spiro atoms. The summed E-state index contributed by atoms with van der Waals surface area (Å²) in [4.78, 5) is 23.0. The predicted molar refractivity (Wildman–Crippen MR) is 77.2 cm³/mol. The first-order valence-corrected chi connectivity index (χ1v) is 6.50. The number of aliphatic hydroxyl groups excluding tert-OH is 1. The van der Waals surface area contributed by atoms with Crippen molar-refractivity contribution in [3.63, 3.8) is 0 Å². The van der Waals surface area contributed by atoms with Crippen molar-refractivity contribution in [2.45, 2.75) is 26.3 Å². The van der Waals surface area contributed by atoms with Gasteiger partial charge in [0.15, 0.2) is 0 Å². The Morgan fingerprint density at radius 1 is 1.25 bits per heavy atom. The molecule has 0 bridgehead atoms. The number of hydrogen-bond acceptors (Lipinski definition) is 3. The van der Waals surface area contributed by atoms with Crippen molar-refractivity contribution in [1.29, 1.82) is 0 Å². The van der Waals surface area contributed by atoms with E-state index >= 15 is 0 Å². The number of hydrogen-bond donors (Lipinski definition) is 4. The summed E-state index contributed by atoms with van der Waals surface area (Å²) < 4.78 is 0. The highest BCUT2D eigenvalue weighted by molar-refractivity contribution is 5.97. The highest BCUT2D eigenvalue weighted by Gasteiger charge is 2.23. The minimum absolute atomic E-state index is 0.0730. The molecule has 0 aliphatic carbocycles. The molecule has 6 heteroatoms. The van der Waals surface area contributed by atoms with E-state index in [1.54, 1.807) is 12.1 Å². The van der Waals surface area contributed by atoms with Crippen molar-refractivity contribution in [2.24, 2.45) is 11.7 Å². The molecule has 1 rings (SSSR count). The largest absolute Gasteiger partial charge is 0.396 e. The van der Waals surface area contributed by atoms with E-state index in [1.807, 2.05) is 26.0 Å². The number of carbonyl (C=O) groups excluding carboxylic acids is 2. The van der Waals surface area contributed by atoms with E-state index < -0.39 is 12.1 Å². The molecule has 1 aromatic rings. The number of anilines is 1. The molecule has 6 nitrogen and oxygen atoms in total. The quantitative estimate of drug-likeness (QED) is 0.620. The average Bonchev–Trinajstić information content (AvgIpc) is 2.38. The van der Waals surface area contributed by atoms with E-state index in [-0.39, 0.29) is 18.4 Å². The van der Waals surface area contributed by atoms with Crippen LogP contribution in [0, 0.1) is 5.92 Å². The first kappa shape index (κ1) is 16.0. The van der Waals surface area contributed by atoms with E-state index in [2.05, 4.69) is 10.6 Å². The molecule has 20 heavy (non-hydrogen) atoms. The van der Waals surface area contributed by atoms with E-state index in [0.29, 0.717) is 12.1 Å². The van der Waals surface area contributed by atoms with Crippen molar-refractivity contribution in [3.05, 3.63) is 29.8 Å². The van der Waals surface area contributed by atoms with Gasteiger partial charge in [-0.3, -0.25) is 4.79 Å². The SMILES string of the molecule is CC(C)[C@H](NC(N)=O)C(=O)Nc1ccc(CCO)cc1. The molecular weight excluding hydrogens is 258 g/mol. The summed E-state index contributed by atoms with van der Waals surface area (Å²) in [7, 11) is 0. The lowest BCUT2D eigenvalue weighted by Gasteiger charge is -2.20. The number of rotatable bonds is 6. The summed E-state index contributed by atoms with van der Waals surface area (Å²) >= 11 is 0. The standard InChI is InChI=1S/C14H21N3O3/c1-9(2)12(17-14(15)20)13(19)16-11-5-3-10(4-6-11)7-8-18/h3-6,9,12,18H,7-8H2,1-2H3,(H,16,19)(H3,15,17,20)/t12-/m0/s1. The second-order valence-corrected chi connectivity index (χ2v) is 4.89. The number of carbonyl (C=O) groups is 2. The number of nitrogens with two attached hydrogens (primary N) is 1. The van der Waals surface area contributed by atoms with E-state index in [4.69, 9.17) is 10.8 Å². The zero-order chi connectivity index (χ0) is 15.1. The second-order valence-electron chi connectivity index (χ2n) is 4.89. The minimum atomic E-state index is -0.725. The zero-order valence-corrected chi connectivity index (χ0v) is 11.7. The van der Waals surface area contributed by atoms with Gasteiger partial charge in [-0.2, -0.15) is 0 Å². The van der Waals surface area contributed by atoms with Crippen molar-refractivity contribution >= 4 is 17.6 Å². The lowest BCUT2D eigenvalue weighted by Crippen LogP contribution is -2.49. The average molecular weight is 279 g/mol. The van der Waals surface area contributed by atoms with Crippen molar-refractivity contribution in [1.82, 2.24) is 5.32 Å².